The number of hydrogen-bond acceptors (Lipinski definition) is 3. The predicted octanol–water partition coefficient (Wildman–Crippen LogP) is 1.53. The van der Waals surface area contributed by atoms with E-state index in [1.165, 1.54) is 38.5 Å². The summed E-state index contributed by atoms with van der Waals surface area (Å²) in [6.07, 6.45) is 7.64. The number of carbonyl (C=O) groups is 2. The van der Waals surface area contributed by atoms with E-state index < -0.39 is 0 Å². The Morgan fingerprint density at radius 2 is 1.48 bits per heavy atom. The van der Waals surface area contributed by atoms with Gasteiger partial charge in [-0.05, 0) is 77.2 Å². The molecule has 0 aliphatic heterocycles. The summed E-state index contributed by atoms with van der Waals surface area (Å²) in [6, 6.07) is 0.136. The summed E-state index contributed by atoms with van der Waals surface area (Å²) in [7, 11) is 1.83. The number of nitrogens with one attached hydrogen (secondary N) is 2. The first-order chi connectivity index (χ1) is 10.8. The highest BCUT2D eigenvalue weighted by Crippen LogP contribution is 2.55. The van der Waals surface area contributed by atoms with Crippen LogP contribution in [-0.4, -0.2) is 48.4 Å². The van der Waals surface area contributed by atoms with Crippen LogP contribution in [0, 0.1) is 17.8 Å². The van der Waals surface area contributed by atoms with Gasteiger partial charge in [0, 0.05) is 11.6 Å². The number of nitrogens with zero attached hydrogens (tertiary/aromatic N) is 1. The van der Waals surface area contributed by atoms with Crippen molar-refractivity contribution in [3.63, 3.8) is 0 Å². The molecule has 0 aromatic heterocycles. The maximum absolute atomic E-state index is 12.5. The predicted molar refractivity (Wildman–Crippen MR) is 89.8 cm³/mol. The highest BCUT2D eigenvalue weighted by atomic mass is 16.2. The second-order valence-corrected chi connectivity index (χ2v) is 8.64. The van der Waals surface area contributed by atoms with E-state index in [4.69, 9.17) is 0 Å². The summed E-state index contributed by atoms with van der Waals surface area (Å²) in [4.78, 5) is 26.0. The van der Waals surface area contributed by atoms with E-state index >= 15 is 0 Å². The first-order valence-corrected chi connectivity index (χ1v) is 9.12. The molecule has 4 saturated carbocycles. The van der Waals surface area contributed by atoms with E-state index in [1.807, 2.05) is 20.9 Å². The molecule has 4 fully saturated rings. The van der Waals surface area contributed by atoms with Crippen LogP contribution in [0.25, 0.3) is 0 Å². The summed E-state index contributed by atoms with van der Waals surface area (Å²) in [6.45, 7) is 4.45. The molecule has 2 amide bonds. The van der Waals surface area contributed by atoms with Gasteiger partial charge in [0.25, 0.3) is 0 Å². The molecule has 0 aromatic rings. The molecule has 0 aromatic carbocycles. The van der Waals surface area contributed by atoms with Crippen molar-refractivity contribution in [1.29, 1.82) is 0 Å². The number of likely N-dealkylation sites (N-methyl/N-ethyl adjacent to an activating group) is 1. The summed E-state index contributed by atoms with van der Waals surface area (Å²) in [5.74, 6) is 2.54. The van der Waals surface area contributed by atoms with Gasteiger partial charge in [0.1, 0.15) is 0 Å². The third-order valence-electron chi connectivity index (χ3n) is 5.72. The molecule has 0 spiro atoms. The molecule has 0 atom stereocenters. The van der Waals surface area contributed by atoms with Gasteiger partial charge in [-0.15, -0.1) is 0 Å². The molecule has 5 heteroatoms. The zero-order valence-corrected chi connectivity index (χ0v) is 14.7. The van der Waals surface area contributed by atoms with Gasteiger partial charge >= 0.3 is 0 Å². The Balaban J connectivity index is 1.49. The lowest BCUT2D eigenvalue weighted by molar-refractivity contribution is -0.128. The smallest absolute Gasteiger partial charge is 0.234 e. The average Bonchev–Trinajstić information content (AvgIpc) is 2.33. The van der Waals surface area contributed by atoms with Crippen molar-refractivity contribution < 1.29 is 9.59 Å². The second-order valence-electron chi connectivity index (χ2n) is 8.64. The van der Waals surface area contributed by atoms with Crippen LogP contribution in [0.3, 0.4) is 0 Å². The van der Waals surface area contributed by atoms with Crippen LogP contribution in [0.1, 0.15) is 52.4 Å². The minimum Gasteiger partial charge on any atom is -0.353 e. The average molecular weight is 321 g/mol. The molecule has 4 aliphatic carbocycles. The molecule has 0 heterocycles. The molecule has 23 heavy (non-hydrogen) atoms. The standard InChI is InChI=1S/C18H31N3O2/c1-12(2)19-16(22)10-21(3)11-17(23)20-18-7-13-4-14(8-18)6-15(5-13)9-18/h12-15H,4-11H2,1-3H3,(H,19,22)(H,20,23). The van der Waals surface area contributed by atoms with Crippen LogP contribution in [0.4, 0.5) is 0 Å². The Morgan fingerprint density at radius 3 is 1.96 bits per heavy atom. The normalized spacial score (nSPS) is 34.9. The van der Waals surface area contributed by atoms with E-state index in [-0.39, 0.29) is 29.9 Å². The summed E-state index contributed by atoms with van der Waals surface area (Å²) >= 11 is 0. The van der Waals surface area contributed by atoms with Gasteiger partial charge < -0.3 is 10.6 Å². The zero-order chi connectivity index (χ0) is 16.6. The van der Waals surface area contributed by atoms with Gasteiger partial charge in [-0.25, -0.2) is 0 Å². The van der Waals surface area contributed by atoms with E-state index in [0.29, 0.717) is 6.54 Å². The third-order valence-corrected chi connectivity index (χ3v) is 5.72. The van der Waals surface area contributed by atoms with Crippen molar-refractivity contribution >= 4 is 11.8 Å². The first-order valence-electron chi connectivity index (χ1n) is 9.12. The fourth-order valence-electron chi connectivity index (χ4n) is 5.51. The Morgan fingerprint density at radius 1 is 1.00 bits per heavy atom. The summed E-state index contributed by atoms with van der Waals surface area (Å²) in [5, 5.41) is 6.22. The molecule has 4 aliphatic rings. The highest BCUT2D eigenvalue weighted by molar-refractivity contribution is 5.81. The van der Waals surface area contributed by atoms with Crippen molar-refractivity contribution in [2.75, 3.05) is 20.1 Å². The molecule has 4 rings (SSSR count). The van der Waals surface area contributed by atoms with Crippen LogP contribution in [0.5, 0.6) is 0 Å². The minimum absolute atomic E-state index is 0.0231. The monoisotopic (exact) mass is 321 g/mol. The van der Waals surface area contributed by atoms with E-state index in [1.54, 1.807) is 4.90 Å². The molecule has 0 saturated heterocycles. The van der Waals surface area contributed by atoms with Gasteiger partial charge in [0.2, 0.25) is 11.8 Å². The Kier molecular flexibility index (Phi) is 4.68. The second kappa shape index (κ2) is 6.42. The van der Waals surface area contributed by atoms with Crippen molar-refractivity contribution in [3.8, 4) is 0 Å². The van der Waals surface area contributed by atoms with Crippen LogP contribution in [-0.2, 0) is 9.59 Å². The minimum atomic E-state index is -0.0231. The van der Waals surface area contributed by atoms with Gasteiger partial charge in [-0.3, -0.25) is 14.5 Å². The van der Waals surface area contributed by atoms with Gasteiger partial charge in [-0.2, -0.15) is 0 Å². The van der Waals surface area contributed by atoms with Crippen molar-refractivity contribution in [3.05, 3.63) is 0 Å². The zero-order valence-electron chi connectivity index (χ0n) is 14.7. The fraction of sp³-hybridized carbons (Fsp3) is 0.889. The number of amides is 2. The molecule has 0 unspecified atom stereocenters. The largest absolute Gasteiger partial charge is 0.353 e. The Bertz CT molecular complexity index is 440. The lowest BCUT2D eigenvalue weighted by Gasteiger charge is -2.57. The van der Waals surface area contributed by atoms with Gasteiger partial charge in [-0.1, -0.05) is 0 Å². The van der Waals surface area contributed by atoms with E-state index in [9.17, 15) is 9.59 Å². The molecule has 130 valence electrons. The lowest BCUT2D eigenvalue weighted by Crippen LogP contribution is -2.61. The summed E-state index contributed by atoms with van der Waals surface area (Å²) < 4.78 is 0. The Labute approximate surface area is 139 Å². The number of hydrogen-bond donors (Lipinski definition) is 2. The van der Waals surface area contributed by atoms with Crippen molar-refractivity contribution in [1.82, 2.24) is 15.5 Å². The fourth-order valence-corrected chi connectivity index (χ4v) is 5.51. The topological polar surface area (TPSA) is 61.4 Å². The molecular weight excluding hydrogens is 290 g/mol. The third kappa shape index (κ3) is 4.06. The van der Waals surface area contributed by atoms with Crippen LogP contribution in [0.15, 0.2) is 0 Å². The van der Waals surface area contributed by atoms with Gasteiger partial charge in [0.05, 0.1) is 13.1 Å². The van der Waals surface area contributed by atoms with E-state index in [2.05, 4.69) is 10.6 Å². The molecule has 0 radical (unpaired) electrons. The maximum atomic E-state index is 12.5. The maximum Gasteiger partial charge on any atom is 0.234 e. The summed E-state index contributed by atoms with van der Waals surface area (Å²) in [5.41, 5.74) is 0.0624. The molecule has 4 bridgehead atoms. The first kappa shape index (κ1) is 16.7. The van der Waals surface area contributed by atoms with Crippen LogP contribution >= 0.6 is 0 Å². The SMILES string of the molecule is CC(C)NC(=O)CN(C)CC(=O)NC12CC3CC(CC(C3)C1)C2. The molecule has 2 N–H and O–H groups in total. The number of carbonyl (C=O) groups excluding carboxylic acids is 2. The van der Waals surface area contributed by atoms with Crippen molar-refractivity contribution in [2.24, 2.45) is 17.8 Å². The van der Waals surface area contributed by atoms with Crippen LogP contribution in [0.2, 0.25) is 0 Å². The van der Waals surface area contributed by atoms with Crippen molar-refractivity contribution in [2.45, 2.75) is 64.0 Å². The lowest BCUT2D eigenvalue weighted by atomic mass is 9.53. The Hall–Kier alpha value is -1.10. The van der Waals surface area contributed by atoms with E-state index in [0.717, 1.165) is 17.8 Å². The molecule has 5 nitrogen and oxygen atoms in total. The quantitative estimate of drug-likeness (QED) is 0.780. The number of rotatable bonds is 6. The highest BCUT2D eigenvalue weighted by Gasteiger charge is 2.51. The van der Waals surface area contributed by atoms with Crippen LogP contribution < -0.4 is 10.6 Å². The van der Waals surface area contributed by atoms with Gasteiger partial charge in [0.15, 0.2) is 0 Å². The molecular formula is C18H31N3O2.